The van der Waals surface area contributed by atoms with Gasteiger partial charge in [0.15, 0.2) is 22.3 Å². The van der Waals surface area contributed by atoms with Crippen LogP contribution in [-0.2, 0) is 6.42 Å². The second kappa shape index (κ2) is 9.56. The van der Waals surface area contributed by atoms with Crippen LogP contribution in [0.1, 0.15) is 46.6 Å². The lowest BCUT2D eigenvalue weighted by molar-refractivity contribution is 0.0596. The molecular weight excluding hydrogens is 412 g/mol. The second-order valence-electron chi connectivity index (χ2n) is 7.78. The van der Waals surface area contributed by atoms with Crippen LogP contribution in [0.4, 0.5) is 0 Å². The largest absolute Gasteiger partial charge is 0.493 e. The molecule has 3 heterocycles. The lowest BCUT2D eigenvalue weighted by Crippen LogP contribution is -2.44. The monoisotopic (exact) mass is 440 g/mol. The number of ether oxygens (including phenoxy) is 2. The van der Waals surface area contributed by atoms with E-state index in [0.29, 0.717) is 11.5 Å². The van der Waals surface area contributed by atoms with Crippen LogP contribution in [0, 0.1) is 6.92 Å². The van der Waals surface area contributed by atoms with Crippen molar-refractivity contribution in [3.8, 4) is 22.3 Å². The minimum atomic E-state index is 0.0311. The summed E-state index contributed by atoms with van der Waals surface area (Å²) in [6.07, 6.45) is 6.62. The van der Waals surface area contributed by atoms with Gasteiger partial charge in [0.25, 0.3) is 5.91 Å². The summed E-state index contributed by atoms with van der Waals surface area (Å²) in [6, 6.07) is 9.95. The van der Waals surface area contributed by atoms with Gasteiger partial charge in [-0.25, -0.2) is 4.98 Å². The van der Waals surface area contributed by atoms with Crippen LogP contribution in [0.3, 0.4) is 0 Å². The molecule has 6 nitrogen and oxygen atoms in total. The van der Waals surface area contributed by atoms with Crippen molar-refractivity contribution in [3.05, 3.63) is 52.7 Å². The van der Waals surface area contributed by atoms with E-state index in [1.807, 2.05) is 36.1 Å². The average Bonchev–Trinajstić information content (AvgIpc) is 3.47. The molecule has 0 radical (unpaired) electrons. The van der Waals surface area contributed by atoms with Crippen LogP contribution in [-0.4, -0.2) is 42.6 Å². The van der Waals surface area contributed by atoms with Crippen molar-refractivity contribution < 1.29 is 18.7 Å². The Labute approximate surface area is 186 Å². The number of benzene rings is 1. The number of piperidine rings is 1. The van der Waals surface area contributed by atoms with Gasteiger partial charge in [-0.3, -0.25) is 4.79 Å². The topological polar surface area (TPSA) is 64.8 Å². The van der Waals surface area contributed by atoms with Crippen LogP contribution < -0.4 is 9.47 Å². The van der Waals surface area contributed by atoms with Crippen LogP contribution in [0.2, 0.25) is 0 Å². The number of carbonyl (C=O) groups is 1. The van der Waals surface area contributed by atoms with E-state index in [2.05, 4.69) is 11.1 Å². The summed E-state index contributed by atoms with van der Waals surface area (Å²) in [7, 11) is 3.29. The fraction of sp³-hybridized carbons (Fsp3) is 0.417. The highest BCUT2D eigenvalue weighted by Gasteiger charge is 2.30. The molecule has 1 aromatic carbocycles. The highest BCUT2D eigenvalue weighted by atomic mass is 32.1. The van der Waals surface area contributed by atoms with Crippen molar-refractivity contribution >= 4 is 17.2 Å². The van der Waals surface area contributed by atoms with Crippen LogP contribution in [0.25, 0.3) is 10.8 Å². The molecule has 31 heavy (non-hydrogen) atoms. The molecule has 0 bridgehead atoms. The molecule has 1 atom stereocenters. The van der Waals surface area contributed by atoms with Crippen LogP contribution in [0.15, 0.2) is 41.0 Å². The lowest BCUT2D eigenvalue weighted by atomic mass is 9.95. The summed E-state index contributed by atoms with van der Waals surface area (Å²) in [5.41, 5.74) is 1.73. The zero-order chi connectivity index (χ0) is 21.8. The Morgan fingerprint density at radius 2 is 2.06 bits per heavy atom. The molecule has 0 aliphatic carbocycles. The van der Waals surface area contributed by atoms with Gasteiger partial charge in [-0.15, -0.1) is 11.3 Å². The van der Waals surface area contributed by atoms with Gasteiger partial charge in [0.2, 0.25) is 0 Å². The number of hydrogen-bond acceptors (Lipinski definition) is 6. The summed E-state index contributed by atoms with van der Waals surface area (Å²) >= 11 is 1.51. The number of likely N-dealkylation sites (tertiary alicyclic amines) is 1. The quantitative estimate of drug-likeness (QED) is 0.495. The number of carbonyl (C=O) groups excluding carboxylic acids is 1. The SMILES string of the molecule is COc1ccc(CCC2CCCCN2C(=O)c2nc(-c3ccco3)sc2C)cc1OC. The maximum Gasteiger partial charge on any atom is 0.273 e. The second-order valence-corrected chi connectivity index (χ2v) is 8.98. The van der Waals surface area contributed by atoms with E-state index in [1.165, 1.54) is 16.9 Å². The maximum atomic E-state index is 13.4. The Kier molecular flexibility index (Phi) is 6.61. The molecule has 1 saturated heterocycles. The Hall–Kier alpha value is -2.80. The predicted octanol–water partition coefficient (Wildman–Crippen LogP) is 5.36. The van der Waals surface area contributed by atoms with Crippen molar-refractivity contribution in [2.45, 2.75) is 45.1 Å². The van der Waals surface area contributed by atoms with Crippen molar-refractivity contribution in [2.24, 2.45) is 0 Å². The number of amides is 1. The molecule has 164 valence electrons. The number of nitrogens with zero attached hydrogens (tertiary/aromatic N) is 2. The van der Waals surface area contributed by atoms with Crippen molar-refractivity contribution in [3.63, 3.8) is 0 Å². The van der Waals surface area contributed by atoms with Crippen LogP contribution >= 0.6 is 11.3 Å². The van der Waals surface area contributed by atoms with Gasteiger partial charge in [-0.2, -0.15) is 0 Å². The Bertz CT molecular complexity index is 1030. The number of hydrogen-bond donors (Lipinski definition) is 0. The van der Waals surface area contributed by atoms with Crippen molar-refractivity contribution in [1.82, 2.24) is 9.88 Å². The third kappa shape index (κ3) is 4.61. The maximum absolute atomic E-state index is 13.4. The fourth-order valence-corrected chi connectivity index (χ4v) is 5.05. The summed E-state index contributed by atoms with van der Waals surface area (Å²) in [5.74, 6) is 2.20. The zero-order valence-electron chi connectivity index (χ0n) is 18.2. The molecule has 0 saturated carbocycles. The Morgan fingerprint density at radius 3 is 2.81 bits per heavy atom. The number of rotatable bonds is 7. The molecule has 1 fully saturated rings. The summed E-state index contributed by atoms with van der Waals surface area (Å²) in [6.45, 7) is 2.74. The number of methoxy groups -OCH3 is 2. The molecule has 1 aliphatic rings. The van der Waals surface area contributed by atoms with E-state index in [1.54, 1.807) is 20.5 Å². The molecule has 1 amide bonds. The highest BCUT2D eigenvalue weighted by Crippen LogP contribution is 2.32. The summed E-state index contributed by atoms with van der Waals surface area (Å²) in [4.78, 5) is 21.0. The van der Waals surface area contributed by atoms with Crippen LogP contribution in [0.5, 0.6) is 11.5 Å². The van der Waals surface area contributed by atoms with E-state index < -0.39 is 0 Å². The Morgan fingerprint density at radius 1 is 1.23 bits per heavy atom. The minimum Gasteiger partial charge on any atom is -0.493 e. The first kappa shape index (κ1) is 21.4. The average molecular weight is 441 g/mol. The van der Waals surface area contributed by atoms with E-state index in [-0.39, 0.29) is 11.9 Å². The van der Waals surface area contributed by atoms with Gasteiger partial charge < -0.3 is 18.8 Å². The zero-order valence-corrected chi connectivity index (χ0v) is 19.0. The van der Waals surface area contributed by atoms with E-state index in [0.717, 1.165) is 60.0 Å². The van der Waals surface area contributed by atoms with Gasteiger partial charge in [0, 0.05) is 17.5 Å². The molecule has 4 rings (SSSR count). The van der Waals surface area contributed by atoms with Gasteiger partial charge >= 0.3 is 0 Å². The molecule has 0 spiro atoms. The summed E-state index contributed by atoms with van der Waals surface area (Å²) < 4.78 is 16.2. The number of aryl methyl sites for hydroxylation is 2. The first-order valence-electron chi connectivity index (χ1n) is 10.6. The van der Waals surface area contributed by atoms with Crippen molar-refractivity contribution in [1.29, 1.82) is 0 Å². The number of thiazole rings is 1. The lowest BCUT2D eigenvalue weighted by Gasteiger charge is -2.35. The normalized spacial score (nSPS) is 16.4. The third-order valence-corrected chi connectivity index (χ3v) is 6.82. The molecule has 0 N–H and O–H groups in total. The number of furan rings is 1. The molecule has 7 heteroatoms. The first-order valence-corrected chi connectivity index (χ1v) is 11.5. The molecule has 3 aromatic rings. The van der Waals surface area contributed by atoms with E-state index in [4.69, 9.17) is 13.9 Å². The van der Waals surface area contributed by atoms with Gasteiger partial charge in [-0.1, -0.05) is 6.07 Å². The smallest absolute Gasteiger partial charge is 0.273 e. The minimum absolute atomic E-state index is 0.0311. The predicted molar refractivity (Wildman–Crippen MR) is 121 cm³/mol. The van der Waals surface area contributed by atoms with Crippen molar-refractivity contribution in [2.75, 3.05) is 20.8 Å². The van der Waals surface area contributed by atoms with E-state index in [9.17, 15) is 4.79 Å². The molecule has 1 unspecified atom stereocenters. The fourth-order valence-electron chi connectivity index (χ4n) is 4.17. The van der Waals surface area contributed by atoms with E-state index >= 15 is 0 Å². The highest BCUT2D eigenvalue weighted by molar-refractivity contribution is 7.15. The molecule has 2 aromatic heterocycles. The van der Waals surface area contributed by atoms with Gasteiger partial charge in [-0.05, 0) is 68.9 Å². The number of aromatic nitrogens is 1. The standard InChI is InChI=1S/C24H28N2O4S/c1-16-22(25-23(31-16)20-8-6-14-30-20)24(27)26-13-5-4-7-18(26)11-9-17-10-12-19(28-2)21(15-17)29-3/h6,8,10,12,14-15,18H,4-5,7,9,11,13H2,1-3H3. The first-order chi connectivity index (χ1) is 15.1. The molecule has 1 aliphatic heterocycles. The third-order valence-electron chi connectivity index (χ3n) is 5.83. The summed E-state index contributed by atoms with van der Waals surface area (Å²) in [5, 5.41) is 0.754. The van der Waals surface area contributed by atoms with Gasteiger partial charge in [0.1, 0.15) is 5.69 Å². The van der Waals surface area contributed by atoms with Gasteiger partial charge in [0.05, 0.1) is 20.5 Å². The molecular formula is C24H28N2O4S. The Balaban J connectivity index is 1.48.